The molecule has 1 amide bonds. The minimum Gasteiger partial charge on any atom is -0.504 e. The number of amides is 1. The van der Waals surface area contributed by atoms with Crippen LogP contribution in [0.2, 0.25) is 0 Å². The number of benzene rings is 1. The molecule has 124 valence electrons. The SMILES string of the molecule is O=C(CCc1cccs1)NCc1nc(-c2ccc(O)c(O)c2)cs1. The van der Waals surface area contributed by atoms with Gasteiger partial charge in [-0.05, 0) is 36.1 Å². The number of nitrogens with zero attached hydrogens (tertiary/aromatic N) is 1. The van der Waals surface area contributed by atoms with Gasteiger partial charge in [-0.1, -0.05) is 6.07 Å². The molecular formula is C17H16N2O3S2. The maximum atomic E-state index is 11.9. The van der Waals surface area contributed by atoms with Gasteiger partial charge in [-0.3, -0.25) is 4.79 Å². The average molecular weight is 360 g/mol. The van der Waals surface area contributed by atoms with Crippen molar-refractivity contribution < 1.29 is 15.0 Å². The molecule has 24 heavy (non-hydrogen) atoms. The Morgan fingerprint density at radius 1 is 1.17 bits per heavy atom. The van der Waals surface area contributed by atoms with Crippen LogP contribution in [0.1, 0.15) is 16.3 Å². The Morgan fingerprint density at radius 3 is 2.79 bits per heavy atom. The van der Waals surface area contributed by atoms with Gasteiger partial charge in [0.15, 0.2) is 11.5 Å². The Kier molecular flexibility index (Phi) is 5.12. The smallest absolute Gasteiger partial charge is 0.220 e. The molecule has 0 aliphatic rings. The van der Waals surface area contributed by atoms with Gasteiger partial charge in [0.25, 0.3) is 0 Å². The number of carbonyl (C=O) groups is 1. The third kappa shape index (κ3) is 4.12. The lowest BCUT2D eigenvalue weighted by Gasteiger charge is -2.02. The molecule has 3 rings (SSSR count). The summed E-state index contributed by atoms with van der Waals surface area (Å²) in [5.41, 5.74) is 1.43. The van der Waals surface area contributed by atoms with E-state index in [4.69, 9.17) is 0 Å². The molecule has 0 bridgehead atoms. The second-order valence-electron chi connectivity index (χ2n) is 5.19. The van der Waals surface area contributed by atoms with Gasteiger partial charge in [0.1, 0.15) is 5.01 Å². The fourth-order valence-corrected chi connectivity index (χ4v) is 3.61. The van der Waals surface area contributed by atoms with Crippen molar-refractivity contribution in [2.45, 2.75) is 19.4 Å². The third-order valence-electron chi connectivity index (χ3n) is 3.44. The van der Waals surface area contributed by atoms with Crippen molar-refractivity contribution in [3.05, 3.63) is 51.0 Å². The maximum absolute atomic E-state index is 11.9. The Bertz CT molecular complexity index is 828. The number of rotatable bonds is 6. The van der Waals surface area contributed by atoms with Gasteiger partial charge in [-0.25, -0.2) is 4.98 Å². The molecule has 0 radical (unpaired) electrons. The molecule has 0 unspecified atom stereocenters. The number of hydrogen-bond donors (Lipinski definition) is 3. The van der Waals surface area contributed by atoms with Crippen LogP contribution >= 0.6 is 22.7 Å². The molecule has 0 atom stereocenters. The molecule has 0 aliphatic carbocycles. The summed E-state index contributed by atoms with van der Waals surface area (Å²) < 4.78 is 0. The Labute approximate surface area is 147 Å². The third-order valence-corrected chi connectivity index (χ3v) is 5.22. The maximum Gasteiger partial charge on any atom is 0.220 e. The fourth-order valence-electron chi connectivity index (χ4n) is 2.16. The number of phenols is 2. The molecule has 2 aromatic heterocycles. The number of carbonyl (C=O) groups excluding carboxylic acids is 1. The quantitative estimate of drug-likeness (QED) is 0.587. The molecule has 0 saturated heterocycles. The first-order valence-electron chi connectivity index (χ1n) is 7.37. The lowest BCUT2D eigenvalue weighted by atomic mass is 10.1. The van der Waals surface area contributed by atoms with E-state index in [0.29, 0.717) is 18.7 Å². The summed E-state index contributed by atoms with van der Waals surface area (Å²) in [6.45, 7) is 0.387. The van der Waals surface area contributed by atoms with Gasteiger partial charge in [-0.15, -0.1) is 22.7 Å². The first-order chi connectivity index (χ1) is 11.6. The van der Waals surface area contributed by atoms with Crippen molar-refractivity contribution in [1.29, 1.82) is 0 Å². The van der Waals surface area contributed by atoms with Crippen LogP contribution in [0.3, 0.4) is 0 Å². The molecule has 3 aromatic rings. The minimum absolute atomic E-state index is 0.00225. The number of hydrogen-bond acceptors (Lipinski definition) is 6. The lowest BCUT2D eigenvalue weighted by molar-refractivity contribution is -0.121. The van der Waals surface area contributed by atoms with Crippen molar-refractivity contribution in [3.63, 3.8) is 0 Å². The zero-order valence-corrected chi connectivity index (χ0v) is 14.4. The van der Waals surface area contributed by atoms with Crippen LogP contribution in [0.25, 0.3) is 11.3 Å². The number of aromatic hydroxyl groups is 2. The zero-order valence-electron chi connectivity index (χ0n) is 12.7. The molecule has 0 spiro atoms. The monoisotopic (exact) mass is 360 g/mol. The Morgan fingerprint density at radius 2 is 2.04 bits per heavy atom. The topological polar surface area (TPSA) is 82.5 Å². The van der Waals surface area contributed by atoms with E-state index in [0.717, 1.165) is 17.0 Å². The number of phenolic OH excluding ortho intramolecular Hbond substituents is 2. The standard InChI is InChI=1S/C17H16N2O3S2/c20-14-5-3-11(8-15(14)21)13-10-24-17(19-13)9-18-16(22)6-4-12-2-1-7-23-12/h1-3,5,7-8,10,20-21H,4,6,9H2,(H,18,22). The van der Waals surface area contributed by atoms with Gasteiger partial charge in [0, 0.05) is 22.2 Å². The Hall–Kier alpha value is -2.38. The summed E-state index contributed by atoms with van der Waals surface area (Å²) in [4.78, 5) is 17.5. The molecule has 2 heterocycles. The summed E-state index contributed by atoms with van der Waals surface area (Å²) in [5.74, 6) is -0.335. The molecule has 3 N–H and O–H groups in total. The van der Waals surface area contributed by atoms with E-state index in [1.54, 1.807) is 17.4 Å². The van der Waals surface area contributed by atoms with Crippen molar-refractivity contribution >= 4 is 28.6 Å². The molecule has 0 fully saturated rings. The number of thiophene rings is 1. The predicted octanol–water partition coefficient (Wildman–Crippen LogP) is 3.53. The molecule has 5 nitrogen and oxygen atoms in total. The van der Waals surface area contributed by atoms with Gasteiger partial charge < -0.3 is 15.5 Å². The van der Waals surface area contributed by atoms with Crippen LogP contribution in [-0.2, 0) is 17.8 Å². The Balaban J connectivity index is 1.54. The van der Waals surface area contributed by atoms with E-state index < -0.39 is 0 Å². The van der Waals surface area contributed by atoms with Crippen molar-refractivity contribution in [3.8, 4) is 22.8 Å². The second kappa shape index (κ2) is 7.46. The summed E-state index contributed by atoms with van der Waals surface area (Å²) in [5, 5.41) is 26.4. The van der Waals surface area contributed by atoms with Crippen molar-refractivity contribution in [2.24, 2.45) is 0 Å². The largest absolute Gasteiger partial charge is 0.504 e. The van der Waals surface area contributed by atoms with E-state index in [1.165, 1.54) is 28.3 Å². The van der Waals surface area contributed by atoms with Crippen LogP contribution in [0, 0.1) is 0 Å². The highest BCUT2D eigenvalue weighted by atomic mass is 32.1. The minimum atomic E-state index is -0.177. The van der Waals surface area contributed by atoms with Gasteiger partial charge >= 0.3 is 0 Å². The molecule has 0 saturated carbocycles. The highest BCUT2D eigenvalue weighted by Crippen LogP contribution is 2.30. The van der Waals surface area contributed by atoms with Gasteiger partial charge in [-0.2, -0.15) is 0 Å². The number of aryl methyl sites for hydroxylation is 1. The van der Waals surface area contributed by atoms with Crippen molar-refractivity contribution in [1.82, 2.24) is 10.3 Å². The summed E-state index contributed by atoms with van der Waals surface area (Å²) >= 11 is 3.10. The van der Waals surface area contributed by atoms with E-state index in [-0.39, 0.29) is 17.4 Å². The predicted molar refractivity (Wildman–Crippen MR) is 95.4 cm³/mol. The van der Waals surface area contributed by atoms with Gasteiger partial charge in [0.2, 0.25) is 5.91 Å². The van der Waals surface area contributed by atoms with Crippen LogP contribution in [-0.4, -0.2) is 21.1 Å². The van der Waals surface area contributed by atoms with E-state index >= 15 is 0 Å². The highest BCUT2D eigenvalue weighted by molar-refractivity contribution is 7.10. The average Bonchev–Trinajstić information content (AvgIpc) is 3.25. The lowest BCUT2D eigenvalue weighted by Crippen LogP contribution is -2.22. The van der Waals surface area contributed by atoms with Crippen LogP contribution in [0.15, 0.2) is 41.1 Å². The number of aromatic nitrogens is 1. The van der Waals surface area contributed by atoms with E-state index in [2.05, 4.69) is 10.3 Å². The fraction of sp³-hybridized carbons (Fsp3) is 0.176. The normalized spacial score (nSPS) is 10.7. The van der Waals surface area contributed by atoms with Gasteiger partial charge in [0.05, 0.1) is 12.2 Å². The summed E-state index contributed by atoms with van der Waals surface area (Å²) in [6, 6.07) is 8.59. The van der Waals surface area contributed by atoms with Crippen LogP contribution in [0.5, 0.6) is 11.5 Å². The first-order valence-corrected chi connectivity index (χ1v) is 9.13. The van der Waals surface area contributed by atoms with E-state index in [9.17, 15) is 15.0 Å². The summed E-state index contributed by atoms with van der Waals surface area (Å²) in [7, 11) is 0. The molecular weight excluding hydrogens is 344 g/mol. The number of nitrogens with one attached hydrogen (secondary N) is 1. The van der Waals surface area contributed by atoms with E-state index in [1.807, 2.05) is 22.9 Å². The summed E-state index contributed by atoms with van der Waals surface area (Å²) in [6.07, 6.45) is 1.21. The molecule has 7 heteroatoms. The molecule has 0 aliphatic heterocycles. The number of thiazole rings is 1. The highest BCUT2D eigenvalue weighted by Gasteiger charge is 2.09. The van der Waals surface area contributed by atoms with Crippen LogP contribution in [0.4, 0.5) is 0 Å². The zero-order chi connectivity index (χ0) is 16.9. The van der Waals surface area contributed by atoms with Crippen molar-refractivity contribution in [2.75, 3.05) is 0 Å². The first kappa shape index (κ1) is 16.5. The molecule has 1 aromatic carbocycles. The second-order valence-corrected chi connectivity index (χ2v) is 7.16. The van der Waals surface area contributed by atoms with Crippen LogP contribution < -0.4 is 5.32 Å².